The zero-order valence-corrected chi connectivity index (χ0v) is 11.6. The van der Waals surface area contributed by atoms with Gasteiger partial charge in [0.1, 0.15) is 0 Å². The highest BCUT2D eigenvalue weighted by molar-refractivity contribution is 5.76. The Balaban J connectivity index is 1.77. The van der Waals surface area contributed by atoms with Gasteiger partial charge in [0.25, 0.3) is 0 Å². The van der Waals surface area contributed by atoms with Crippen molar-refractivity contribution in [2.75, 3.05) is 13.1 Å². The molecule has 108 valence electrons. The minimum absolute atomic E-state index is 0.0315. The maximum Gasteiger partial charge on any atom is 0.317 e. The fraction of sp³-hybridized carbons (Fsp3) is 0.857. The van der Waals surface area contributed by atoms with Crippen molar-refractivity contribution in [3.63, 3.8) is 0 Å². The van der Waals surface area contributed by atoms with Crippen LogP contribution in [0, 0.1) is 11.8 Å². The Morgan fingerprint density at radius 2 is 2.00 bits per heavy atom. The van der Waals surface area contributed by atoms with Crippen LogP contribution in [0.1, 0.15) is 45.4 Å². The first-order valence-electron chi connectivity index (χ1n) is 7.34. The van der Waals surface area contributed by atoms with E-state index in [9.17, 15) is 9.59 Å². The molecular weight excluding hydrogens is 244 g/mol. The Bertz CT molecular complexity index is 342. The van der Waals surface area contributed by atoms with Crippen LogP contribution in [0.3, 0.4) is 0 Å². The first-order chi connectivity index (χ1) is 9.08. The monoisotopic (exact) mass is 268 g/mol. The highest BCUT2D eigenvalue weighted by atomic mass is 16.4. The van der Waals surface area contributed by atoms with Crippen molar-refractivity contribution in [3.8, 4) is 0 Å². The van der Waals surface area contributed by atoms with Gasteiger partial charge in [-0.3, -0.25) is 4.79 Å². The van der Waals surface area contributed by atoms with Gasteiger partial charge in [-0.25, -0.2) is 4.79 Å². The van der Waals surface area contributed by atoms with E-state index in [1.54, 1.807) is 4.90 Å². The summed E-state index contributed by atoms with van der Waals surface area (Å²) in [5, 5.41) is 11.7. The van der Waals surface area contributed by atoms with Crippen molar-refractivity contribution in [1.29, 1.82) is 0 Å². The number of hydrogen-bond acceptors (Lipinski definition) is 2. The first-order valence-corrected chi connectivity index (χ1v) is 7.34. The fourth-order valence-electron chi connectivity index (χ4n) is 2.90. The van der Waals surface area contributed by atoms with Gasteiger partial charge in [-0.2, -0.15) is 0 Å². The van der Waals surface area contributed by atoms with E-state index in [-0.39, 0.29) is 18.5 Å². The molecule has 0 radical (unpaired) electrons. The van der Waals surface area contributed by atoms with Gasteiger partial charge >= 0.3 is 12.0 Å². The molecule has 2 N–H and O–H groups in total. The molecule has 0 aromatic heterocycles. The fourth-order valence-corrected chi connectivity index (χ4v) is 2.90. The molecule has 0 aliphatic heterocycles. The molecule has 2 aliphatic rings. The largest absolute Gasteiger partial charge is 0.481 e. The summed E-state index contributed by atoms with van der Waals surface area (Å²) in [6.07, 6.45) is 5.75. The molecule has 0 spiro atoms. The van der Waals surface area contributed by atoms with Crippen LogP contribution in [0.25, 0.3) is 0 Å². The number of rotatable bonds is 6. The van der Waals surface area contributed by atoms with E-state index in [1.165, 1.54) is 19.3 Å². The van der Waals surface area contributed by atoms with Crippen LogP contribution in [0.2, 0.25) is 0 Å². The molecular formula is C14H24N2O3. The second-order valence-electron chi connectivity index (χ2n) is 5.92. The predicted molar refractivity (Wildman–Crippen MR) is 71.9 cm³/mol. The lowest BCUT2D eigenvalue weighted by molar-refractivity contribution is -0.137. The Kier molecular flexibility index (Phi) is 4.66. The van der Waals surface area contributed by atoms with Crippen LogP contribution in [0.4, 0.5) is 4.79 Å². The Morgan fingerprint density at radius 1 is 1.26 bits per heavy atom. The van der Waals surface area contributed by atoms with Crippen molar-refractivity contribution in [2.45, 2.75) is 51.5 Å². The van der Waals surface area contributed by atoms with E-state index in [0.29, 0.717) is 18.4 Å². The lowest BCUT2D eigenvalue weighted by Gasteiger charge is -2.24. The maximum atomic E-state index is 12.1. The van der Waals surface area contributed by atoms with Gasteiger partial charge in [0.15, 0.2) is 0 Å². The highest BCUT2D eigenvalue weighted by Gasteiger charge is 2.33. The average Bonchev–Trinajstić information content (AvgIpc) is 3.10. The summed E-state index contributed by atoms with van der Waals surface area (Å²) in [5.41, 5.74) is 0. The van der Waals surface area contributed by atoms with Crippen LogP contribution in [-0.4, -0.2) is 41.1 Å². The van der Waals surface area contributed by atoms with Crippen molar-refractivity contribution < 1.29 is 14.7 Å². The number of carbonyl (C=O) groups is 2. The Morgan fingerprint density at radius 3 is 2.53 bits per heavy atom. The van der Waals surface area contributed by atoms with Crippen molar-refractivity contribution in [1.82, 2.24) is 10.2 Å². The van der Waals surface area contributed by atoms with Gasteiger partial charge in [-0.05, 0) is 31.1 Å². The molecule has 0 aromatic carbocycles. The smallest absolute Gasteiger partial charge is 0.317 e. The molecule has 0 aromatic rings. The number of amides is 2. The molecule has 2 rings (SSSR count). The van der Waals surface area contributed by atoms with E-state index in [4.69, 9.17) is 5.11 Å². The maximum absolute atomic E-state index is 12.1. The number of carboxylic acids is 1. The summed E-state index contributed by atoms with van der Waals surface area (Å²) in [7, 11) is 0. The molecule has 2 saturated carbocycles. The minimum atomic E-state index is -0.845. The van der Waals surface area contributed by atoms with E-state index >= 15 is 0 Å². The van der Waals surface area contributed by atoms with Gasteiger partial charge in [0.05, 0.1) is 6.42 Å². The van der Waals surface area contributed by atoms with Crippen LogP contribution in [0.15, 0.2) is 0 Å². The van der Waals surface area contributed by atoms with E-state index in [0.717, 1.165) is 19.4 Å². The molecule has 2 atom stereocenters. The average molecular weight is 268 g/mol. The summed E-state index contributed by atoms with van der Waals surface area (Å²) in [6, 6.07) is 0.184. The topological polar surface area (TPSA) is 69.6 Å². The second kappa shape index (κ2) is 6.26. The number of carboxylic acid groups (broad SMARTS) is 1. The molecule has 0 saturated heterocycles. The van der Waals surface area contributed by atoms with Gasteiger partial charge in [-0.1, -0.05) is 19.8 Å². The lowest BCUT2D eigenvalue weighted by atomic mass is 9.98. The van der Waals surface area contributed by atoms with Gasteiger partial charge in [0, 0.05) is 19.1 Å². The summed E-state index contributed by atoms with van der Waals surface area (Å²) >= 11 is 0. The quantitative estimate of drug-likeness (QED) is 0.774. The lowest BCUT2D eigenvalue weighted by Crippen LogP contribution is -2.44. The third-order valence-corrected chi connectivity index (χ3v) is 4.37. The zero-order chi connectivity index (χ0) is 13.8. The number of carbonyl (C=O) groups excluding carboxylic acids is 1. The Hall–Kier alpha value is -1.26. The van der Waals surface area contributed by atoms with E-state index < -0.39 is 5.97 Å². The standard InChI is InChI=1S/C14H24N2O3/c1-10-3-2-4-11(10)9-15-14(19)16(12-5-6-12)8-7-13(17)18/h10-12H,2-9H2,1H3,(H,15,19)(H,17,18). The zero-order valence-electron chi connectivity index (χ0n) is 11.6. The molecule has 5 heteroatoms. The normalized spacial score (nSPS) is 26.2. The second-order valence-corrected chi connectivity index (χ2v) is 5.92. The first kappa shape index (κ1) is 14.2. The number of nitrogens with zero attached hydrogens (tertiary/aromatic N) is 1. The predicted octanol–water partition coefficient (Wildman–Crippen LogP) is 2.07. The van der Waals surface area contributed by atoms with E-state index in [2.05, 4.69) is 12.2 Å². The number of nitrogens with one attached hydrogen (secondary N) is 1. The van der Waals surface area contributed by atoms with Gasteiger partial charge in [0.2, 0.25) is 0 Å². The summed E-state index contributed by atoms with van der Waals surface area (Å²) in [5.74, 6) is 0.432. The molecule has 2 fully saturated rings. The Labute approximate surface area is 114 Å². The number of urea groups is 1. The molecule has 0 bridgehead atoms. The van der Waals surface area contributed by atoms with Crippen molar-refractivity contribution in [3.05, 3.63) is 0 Å². The summed E-state index contributed by atoms with van der Waals surface area (Å²) in [4.78, 5) is 24.4. The van der Waals surface area contributed by atoms with Crippen molar-refractivity contribution >= 4 is 12.0 Å². The van der Waals surface area contributed by atoms with E-state index in [1.807, 2.05) is 0 Å². The minimum Gasteiger partial charge on any atom is -0.481 e. The molecule has 5 nitrogen and oxygen atoms in total. The van der Waals surface area contributed by atoms with Crippen LogP contribution in [-0.2, 0) is 4.79 Å². The third kappa shape index (κ3) is 4.11. The van der Waals surface area contributed by atoms with Crippen molar-refractivity contribution in [2.24, 2.45) is 11.8 Å². The van der Waals surface area contributed by atoms with Gasteiger partial charge in [-0.15, -0.1) is 0 Å². The molecule has 2 aliphatic carbocycles. The third-order valence-electron chi connectivity index (χ3n) is 4.37. The van der Waals surface area contributed by atoms with Crippen LogP contribution >= 0.6 is 0 Å². The van der Waals surface area contributed by atoms with Crippen LogP contribution < -0.4 is 5.32 Å². The number of aliphatic carboxylic acids is 1. The summed E-state index contributed by atoms with van der Waals surface area (Å²) in [6.45, 7) is 3.30. The molecule has 2 unspecified atom stereocenters. The van der Waals surface area contributed by atoms with Gasteiger partial charge < -0.3 is 15.3 Å². The molecule has 0 heterocycles. The SMILES string of the molecule is CC1CCCC1CNC(=O)N(CCC(=O)O)C1CC1. The molecule has 2 amide bonds. The van der Waals surface area contributed by atoms with Crippen LogP contribution in [0.5, 0.6) is 0 Å². The summed E-state index contributed by atoms with van der Waals surface area (Å²) < 4.78 is 0. The molecule has 19 heavy (non-hydrogen) atoms. The number of hydrogen-bond donors (Lipinski definition) is 2. The highest BCUT2D eigenvalue weighted by Crippen LogP contribution is 2.31.